The number of carbonyl (C=O) groups excluding carboxylic acids is 2. The molecule has 0 bridgehead atoms. The molecule has 1 aliphatic rings. The summed E-state index contributed by atoms with van der Waals surface area (Å²) in [6, 6.07) is 7.03. The first-order chi connectivity index (χ1) is 14.0. The van der Waals surface area contributed by atoms with Gasteiger partial charge in [-0.05, 0) is 49.8 Å². The van der Waals surface area contributed by atoms with Gasteiger partial charge in [0, 0.05) is 17.2 Å². The molecule has 0 atom stereocenters. The molecule has 0 fully saturated rings. The second kappa shape index (κ2) is 8.68. The van der Waals surface area contributed by atoms with Gasteiger partial charge >= 0.3 is 11.9 Å². The quantitative estimate of drug-likeness (QED) is 0.555. The Labute approximate surface area is 168 Å². The second-order valence-electron chi connectivity index (χ2n) is 6.28. The fourth-order valence-electron chi connectivity index (χ4n) is 3.07. The summed E-state index contributed by atoms with van der Waals surface area (Å²) in [4.78, 5) is 24.4. The van der Waals surface area contributed by atoms with Gasteiger partial charge in [-0.3, -0.25) is 0 Å². The Kier molecular flexibility index (Phi) is 6.07. The zero-order chi connectivity index (χ0) is 21.0. The Morgan fingerprint density at radius 3 is 2.69 bits per heavy atom. The fourth-order valence-corrected chi connectivity index (χ4v) is 3.07. The Bertz CT molecular complexity index is 976. The third-order valence-corrected chi connectivity index (χ3v) is 4.31. The first kappa shape index (κ1) is 20.3. The predicted molar refractivity (Wildman–Crippen MR) is 106 cm³/mol. The van der Waals surface area contributed by atoms with Gasteiger partial charge in [0.2, 0.25) is 0 Å². The number of fused-ring (bicyclic) bond motifs is 2. The van der Waals surface area contributed by atoms with E-state index in [1.54, 1.807) is 26.2 Å². The summed E-state index contributed by atoms with van der Waals surface area (Å²) >= 11 is 0. The lowest BCUT2D eigenvalue weighted by atomic mass is 10.0. The average Bonchev–Trinajstić information content (AvgIpc) is 2.70. The third-order valence-electron chi connectivity index (χ3n) is 4.31. The maximum Gasteiger partial charge on any atom is 0.346 e. The number of cyclic esters (lactones) is 1. The molecule has 2 aromatic carbocycles. The van der Waals surface area contributed by atoms with Crippen LogP contribution in [0.3, 0.4) is 0 Å². The normalized spacial score (nSPS) is 12.8. The monoisotopic (exact) mass is 398 g/mol. The van der Waals surface area contributed by atoms with Gasteiger partial charge in [-0.1, -0.05) is 0 Å². The van der Waals surface area contributed by atoms with Crippen molar-refractivity contribution in [2.45, 2.75) is 20.5 Å². The third kappa shape index (κ3) is 4.18. The molecule has 7 heteroatoms. The highest BCUT2D eigenvalue weighted by Crippen LogP contribution is 2.43. The molecule has 0 saturated carbocycles. The molecular weight excluding hydrogens is 376 g/mol. The summed E-state index contributed by atoms with van der Waals surface area (Å²) in [5.74, 6) is 0.437. The minimum atomic E-state index is -0.589. The summed E-state index contributed by atoms with van der Waals surface area (Å²) in [5.41, 5.74) is 2.30. The maximum absolute atomic E-state index is 12.8. The highest BCUT2D eigenvalue weighted by molar-refractivity contribution is 5.98. The van der Waals surface area contributed by atoms with Gasteiger partial charge in [0.1, 0.15) is 23.7 Å². The van der Waals surface area contributed by atoms with Crippen LogP contribution in [0.4, 0.5) is 0 Å². The molecule has 0 radical (unpaired) electrons. The van der Waals surface area contributed by atoms with Crippen molar-refractivity contribution < 1.29 is 33.3 Å². The predicted octanol–water partition coefficient (Wildman–Crippen LogP) is 4.05. The van der Waals surface area contributed by atoms with Gasteiger partial charge in [-0.25, -0.2) is 9.59 Å². The van der Waals surface area contributed by atoms with Crippen molar-refractivity contribution in [2.75, 3.05) is 20.8 Å². The Morgan fingerprint density at radius 1 is 1.21 bits per heavy atom. The van der Waals surface area contributed by atoms with E-state index < -0.39 is 11.9 Å². The summed E-state index contributed by atoms with van der Waals surface area (Å²) in [5, 5.41) is 0. The second-order valence-corrected chi connectivity index (χ2v) is 6.28. The van der Waals surface area contributed by atoms with E-state index in [-0.39, 0.29) is 30.3 Å². The van der Waals surface area contributed by atoms with E-state index >= 15 is 0 Å². The van der Waals surface area contributed by atoms with Crippen molar-refractivity contribution in [3.05, 3.63) is 52.6 Å². The van der Waals surface area contributed by atoms with Gasteiger partial charge in [0.15, 0.2) is 11.5 Å². The highest BCUT2D eigenvalue weighted by atomic mass is 16.6. The minimum Gasteiger partial charge on any atom is -0.495 e. The molecule has 0 aromatic heterocycles. The molecule has 0 aliphatic carbocycles. The van der Waals surface area contributed by atoms with Crippen LogP contribution in [0.2, 0.25) is 0 Å². The van der Waals surface area contributed by atoms with Crippen molar-refractivity contribution in [2.24, 2.45) is 0 Å². The van der Waals surface area contributed by atoms with E-state index in [1.165, 1.54) is 19.3 Å². The van der Waals surface area contributed by atoms with Crippen LogP contribution in [0.5, 0.6) is 23.0 Å². The van der Waals surface area contributed by atoms with Crippen LogP contribution in [0, 0.1) is 6.92 Å². The van der Waals surface area contributed by atoms with E-state index in [2.05, 4.69) is 0 Å². The van der Waals surface area contributed by atoms with E-state index in [0.717, 1.165) is 5.56 Å². The Hall–Kier alpha value is -3.48. The lowest BCUT2D eigenvalue weighted by Gasteiger charge is -2.22. The first-order valence-electron chi connectivity index (χ1n) is 9.06. The largest absolute Gasteiger partial charge is 0.495 e. The first-order valence-corrected chi connectivity index (χ1v) is 9.06. The molecule has 0 N–H and O–H groups in total. The molecule has 1 heterocycles. The summed E-state index contributed by atoms with van der Waals surface area (Å²) in [7, 11) is 2.98. The smallest absolute Gasteiger partial charge is 0.346 e. The molecular formula is C22H22O7. The number of methoxy groups -OCH3 is 2. The zero-order valence-corrected chi connectivity index (χ0v) is 16.7. The summed E-state index contributed by atoms with van der Waals surface area (Å²) in [6.07, 6.45) is 2.78. The van der Waals surface area contributed by atoms with Crippen LogP contribution in [-0.4, -0.2) is 32.8 Å². The zero-order valence-electron chi connectivity index (χ0n) is 16.7. The van der Waals surface area contributed by atoms with Gasteiger partial charge in [-0.2, -0.15) is 0 Å². The number of ether oxygens (including phenoxy) is 5. The van der Waals surface area contributed by atoms with E-state index in [4.69, 9.17) is 23.7 Å². The van der Waals surface area contributed by atoms with E-state index in [9.17, 15) is 9.59 Å². The Balaban J connectivity index is 2.10. The van der Waals surface area contributed by atoms with Gasteiger partial charge < -0.3 is 23.7 Å². The standard InChI is InChI=1S/C22H22O7/c1-5-27-18(23)9-7-14-6-8-16-19(21(14)26-4)22(24)28-12-15-10-13(2)11-17(25-3)20(15)29-16/h6-11H,5,12H2,1-4H3/b9-7+. The molecule has 152 valence electrons. The van der Waals surface area contributed by atoms with Crippen LogP contribution >= 0.6 is 0 Å². The molecule has 1 aliphatic heterocycles. The van der Waals surface area contributed by atoms with Crippen molar-refractivity contribution >= 4 is 18.0 Å². The van der Waals surface area contributed by atoms with Crippen molar-refractivity contribution in [3.8, 4) is 23.0 Å². The number of benzene rings is 2. The van der Waals surface area contributed by atoms with Crippen LogP contribution in [0.1, 0.15) is 34.0 Å². The number of aryl methyl sites for hydroxylation is 1. The number of hydrogen-bond acceptors (Lipinski definition) is 7. The summed E-state index contributed by atoms with van der Waals surface area (Å²) in [6.45, 7) is 3.93. The topological polar surface area (TPSA) is 80.3 Å². The lowest BCUT2D eigenvalue weighted by Crippen LogP contribution is -2.13. The fraction of sp³-hybridized carbons (Fsp3) is 0.273. The van der Waals surface area contributed by atoms with Gasteiger partial charge in [0.25, 0.3) is 0 Å². The number of rotatable bonds is 5. The number of carbonyl (C=O) groups is 2. The molecule has 0 unspecified atom stereocenters. The van der Waals surface area contributed by atoms with Crippen molar-refractivity contribution in [3.63, 3.8) is 0 Å². The van der Waals surface area contributed by atoms with Crippen LogP contribution in [0.25, 0.3) is 6.08 Å². The van der Waals surface area contributed by atoms with Gasteiger partial charge in [-0.15, -0.1) is 0 Å². The highest BCUT2D eigenvalue weighted by Gasteiger charge is 2.27. The molecule has 3 rings (SSSR count). The molecule has 7 nitrogen and oxygen atoms in total. The number of hydrogen-bond donors (Lipinski definition) is 0. The van der Waals surface area contributed by atoms with E-state index in [0.29, 0.717) is 22.6 Å². The summed E-state index contributed by atoms with van der Waals surface area (Å²) < 4.78 is 27.3. The lowest BCUT2D eigenvalue weighted by molar-refractivity contribution is -0.137. The van der Waals surface area contributed by atoms with Crippen LogP contribution < -0.4 is 14.2 Å². The van der Waals surface area contributed by atoms with Crippen molar-refractivity contribution in [1.82, 2.24) is 0 Å². The van der Waals surface area contributed by atoms with Gasteiger partial charge in [0.05, 0.1) is 20.8 Å². The average molecular weight is 398 g/mol. The van der Waals surface area contributed by atoms with Crippen molar-refractivity contribution in [1.29, 1.82) is 0 Å². The maximum atomic E-state index is 12.8. The minimum absolute atomic E-state index is 0.0255. The molecule has 0 saturated heterocycles. The SMILES string of the molecule is CCOC(=O)/C=C/c1ccc2c(c1OC)C(=O)OCc1cc(C)cc(OC)c1O2. The number of esters is 2. The molecule has 0 spiro atoms. The molecule has 0 amide bonds. The van der Waals surface area contributed by atoms with Crippen LogP contribution in [-0.2, 0) is 20.9 Å². The molecule has 29 heavy (non-hydrogen) atoms. The Morgan fingerprint density at radius 2 is 2.00 bits per heavy atom. The molecule has 2 aromatic rings. The van der Waals surface area contributed by atoms with E-state index in [1.807, 2.05) is 19.1 Å². The van der Waals surface area contributed by atoms with Crippen LogP contribution in [0.15, 0.2) is 30.3 Å².